The van der Waals surface area contributed by atoms with Gasteiger partial charge in [-0.1, -0.05) is 22.9 Å². The normalized spacial score (nSPS) is 14.7. The Morgan fingerprint density at radius 2 is 2.11 bits per heavy atom. The summed E-state index contributed by atoms with van der Waals surface area (Å²) in [6.07, 6.45) is 4.70. The van der Waals surface area contributed by atoms with E-state index in [9.17, 15) is 9.59 Å². The first-order valence-corrected chi connectivity index (χ1v) is 12.3. The van der Waals surface area contributed by atoms with Gasteiger partial charge in [0.25, 0.3) is 5.56 Å². The molecule has 0 fully saturated rings. The van der Waals surface area contributed by atoms with Gasteiger partial charge in [0.15, 0.2) is 5.06 Å². The molecule has 4 aromatic heterocycles. The molecule has 0 amide bonds. The van der Waals surface area contributed by atoms with Gasteiger partial charge in [0, 0.05) is 29.3 Å². The van der Waals surface area contributed by atoms with Crippen molar-refractivity contribution in [3.8, 4) is 32.4 Å². The third-order valence-corrected chi connectivity index (χ3v) is 7.23. The van der Waals surface area contributed by atoms with Gasteiger partial charge in [-0.25, -0.2) is 4.98 Å². The molecule has 0 saturated carbocycles. The molecule has 0 radical (unpaired) electrons. The number of hydrogen-bond donors (Lipinski definition) is 1. The number of hydrogen-bond acceptors (Lipinski definition) is 8. The number of tetrazole rings is 1. The van der Waals surface area contributed by atoms with Crippen LogP contribution >= 0.6 is 22.9 Å². The molecule has 0 unspecified atom stereocenters. The van der Waals surface area contributed by atoms with Crippen LogP contribution in [0.2, 0.25) is 5.02 Å². The van der Waals surface area contributed by atoms with Gasteiger partial charge in [-0.2, -0.15) is 4.68 Å². The molecule has 1 aliphatic heterocycles. The van der Waals surface area contributed by atoms with Crippen molar-refractivity contribution in [1.82, 2.24) is 34.7 Å². The Labute approximate surface area is 213 Å². The van der Waals surface area contributed by atoms with E-state index in [2.05, 4.69) is 25.5 Å². The topological polar surface area (TPSA) is 121 Å². The number of nitrogens with zero attached hydrogens (tertiary/aromatic N) is 6. The lowest BCUT2D eigenvalue weighted by molar-refractivity contribution is -0.131. The van der Waals surface area contributed by atoms with Gasteiger partial charge < -0.3 is 14.3 Å². The van der Waals surface area contributed by atoms with E-state index >= 15 is 0 Å². The summed E-state index contributed by atoms with van der Waals surface area (Å²) in [5, 5.41) is 12.5. The lowest BCUT2D eigenvalue weighted by Gasteiger charge is -2.15. The summed E-state index contributed by atoms with van der Waals surface area (Å²) >= 11 is 7.64. The van der Waals surface area contributed by atoms with Crippen LogP contribution in [0.5, 0.6) is 5.06 Å². The van der Waals surface area contributed by atoms with E-state index in [1.165, 1.54) is 24.6 Å². The molecule has 1 N–H and O–H groups in total. The first kappa shape index (κ1) is 22.4. The monoisotopic (exact) mass is 519 g/mol. The SMILES string of the molecule is CC(=O)Oc1ccc(-c2cnc([C@@H]3CCc4cc(-c5cc(Cl)ccc5-n5cnnn5)cc(=O)n43)[nH]2)s1. The van der Waals surface area contributed by atoms with Crippen molar-refractivity contribution < 1.29 is 9.53 Å². The second kappa shape index (κ2) is 8.85. The van der Waals surface area contributed by atoms with Crippen LogP contribution in [0, 0.1) is 0 Å². The quantitative estimate of drug-likeness (QED) is 0.347. The molecule has 10 nitrogen and oxygen atoms in total. The highest BCUT2D eigenvalue weighted by molar-refractivity contribution is 7.17. The summed E-state index contributed by atoms with van der Waals surface area (Å²) in [7, 11) is 0. The molecule has 0 bridgehead atoms. The summed E-state index contributed by atoms with van der Waals surface area (Å²) in [6, 6.07) is 12.4. The molecule has 36 heavy (non-hydrogen) atoms. The Balaban J connectivity index is 1.34. The Morgan fingerprint density at radius 1 is 1.22 bits per heavy atom. The molecule has 6 rings (SSSR count). The lowest BCUT2D eigenvalue weighted by Crippen LogP contribution is -2.23. The molecular formula is C24H18ClN7O3S. The van der Waals surface area contributed by atoms with Crippen LogP contribution in [0.3, 0.4) is 0 Å². The van der Waals surface area contributed by atoms with Crippen LogP contribution in [0.15, 0.2) is 59.8 Å². The highest BCUT2D eigenvalue weighted by Gasteiger charge is 2.28. The maximum Gasteiger partial charge on any atom is 0.308 e. The molecule has 12 heteroatoms. The molecular weight excluding hydrogens is 502 g/mol. The van der Waals surface area contributed by atoms with Gasteiger partial charge in [-0.05, 0) is 65.2 Å². The molecule has 0 saturated heterocycles. The van der Waals surface area contributed by atoms with Crippen LogP contribution in [0.1, 0.15) is 30.9 Å². The third kappa shape index (κ3) is 4.01. The fourth-order valence-corrected chi connectivity index (χ4v) is 5.55. The van der Waals surface area contributed by atoms with E-state index in [-0.39, 0.29) is 17.6 Å². The van der Waals surface area contributed by atoms with Crippen LogP contribution in [0.4, 0.5) is 0 Å². The number of aromatic amines is 1. The smallest absolute Gasteiger partial charge is 0.308 e. The lowest BCUT2D eigenvalue weighted by atomic mass is 10.0. The zero-order chi connectivity index (χ0) is 24.8. The Kier molecular flexibility index (Phi) is 5.50. The summed E-state index contributed by atoms with van der Waals surface area (Å²) in [6.45, 7) is 1.37. The predicted octanol–water partition coefficient (Wildman–Crippen LogP) is 4.06. The van der Waals surface area contributed by atoms with Gasteiger partial charge in [0.1, 0.15) is 12.2 Å². The molecule has 1 aliphatic rings. The largest absolute Gasteiger partial charge is 0.416 e. The average molecular weight is 520 g/mol. The molecule has 5 aromatic rings. The number of thiophene rings is 1. The molecule has 0 spiro atoms. The number of rotatable bonds is 5. The number of benzene rings is 1. The van der Waals surface area contributed by atoms with Gasteiger partial charge in [-0.3, -0.25) is 9.59 Å². The number of aryl methyl sites for hydroxylation is 1. The standard InChI is InChI=1S/C24H18ClN7O3S/c1-13(33)35-23-7-6-21(36-23)18-11-26-24(28-18)20-5-3-16-8-14(9-22(34)32(16)20)17-10-15(25)2-4-19(17)31-12-27-29-30-31/h2,4,6-12,20H,3,5H2,1H3,(H,26,28)/t20-/m0/s1. The summed E-state index contributed by atoms with van der Waals surface area (Å²) < 4.78 is 8.48. The van der Waals surface area contributed by atoms with Crippen LogP contribution in [0.25, 0.3) is 27.4 Å². The van der Waals surface area contributed by atoms with E-state index < -0.39 is 0 Å². The Morgan fingerprint density at radius 3 is 2.92 bits per heavy atom. The summed E-state index contributed by atoms with van der Waals surface area (Å²) in [4.78, 5) is 33.4. The molecule has 180 valence electrons. The van der Waals surface area contributed by atoms with Crippen molar-refractivity contribution in [2.24, 2.45) is 0 Å². The molecule has 0 aliphatic carbocycles. The van der Waals surface area contributed by atoms with Crippen LogP contribution in [-0.2, 0) is 11.2 Å². The number of nitrogens with one attached hydrogen (secondary N) is 1. The number of ether oxygens (including phenoxy) is 1. The Bertz CT molecular complexity index is 1650. The minimum Gasteiger partial charge on any atom is -0.416 e. The molecule has 1 aromatic carbocycles. The van der Waals surface area contributed by atoms with Crippen molar-refractivity contribution in [1.29, 1.82) is 0 Å². The molecule has 1 atom stereocenters. The van der Waals surface area contributed by atoms with E-state index in [1.54, 1.807) is 39.7 Å². The fourth-order valence-electron chi connectivity index (χ4n) is 4.51. The predicted molar refractivity (Wildman–Crippen MR) is 134 cm³/mol. The highest BCUT2D eigenvalue weighted by Crippen LogP contribution is 2.36. The number of esters is 1. The fraction of sp³-hybridized carbons (Fsp3) is 0.167. The van der Waals surface area contributed by atoms with E-state index in [4.69, 9.17) is 16.3 Å². The summed E-state index contributed by atoms with van der Waals surface area (Å²) in [5.41, 5.74) is 3.83. The maximum absolute atomic E-state index is 13.3. The minimum atomic E-state index is -0.363. The van der Waals surface area contributed by atoms with Gasteiger partial charge in [0.2, 0.25) is 0 Å². The van der Waals surface area contributed by atoms with Crippen molar-refractivity contribution in [2.45, 2.75) is 25.8 Å². The molecule has 5 heterocycles. The van der Waals surface area contributed by atoms with Gasteiger partial charge >= 0.3 is 5.97 Å². The van der Waals surface area contributed by atoms with Crippen molar-refractivity contribution >= 4 is 28.9 Å². The van der Waals surface area contributed by atoms with Gasteiger partial charge in [0.05, 0.1) is 28.5 Å². The maximum atomic E-state index is 13.3. The van der Waals surface area contributed by atoms with Crippen molar-refractivity contribution in [2.75, 3.05) is 0 Å². The van der Waals surface area contributed by atoms with Crippen molar-refractivity contribution in [3.05, 3.63) is 81.9 Å². The van der Waals surface area contributed by atoms with Crippen LogP contribution in [-0.4, -0.2) is 40.7 Å². The zero-order valence-electron chi connectivity index (χ0n) is 18.9. The first-order chi connectivity index (χ1) is 17.5. The number of aromatic nitrogens is 7. The first-order valence-electron chi connectivity index (χ1n) is 11.1. The Hall–Kier alpha value is -4.09. The van der Waals surface area contributed by atoms with E-state index in [0.29, 0.717) is 15.9 Å². The minimum absolute atomic E-state index is 0.126. The number of halogens is 1. The zero-order valence-corrected chi connectivity index (χ0v) is 20.5. The number of fused-ring (bicyclic) bond motifs is 1. The number of carbonyl (C=O) groups excluding carboxylic acids is 1. The van der Waals surface area contributed by atoms with E-state index in [0.717, 1.165) is 45.9 Å². The number of carbonyl (C=O) groups is 1. The second-order valence-corrected chi connectivity index (χ2v) is 9.79. The second-order valence-electron chi connectivity index (χ2n) is 8.31. The van der Waals surface area contributed by atoms with E-state index in [1.807, 2.05) is 18.2 Å². The number of H-pyrrole nitrogens is 1. The third-order valence-electron chi connectivity index (χ3n) is 6.00. The highest BCUT2D eigenvalue weighted by atomic mass is 35.5. The average Bonchev–Trinajstić information content (AvgIpc) is 3.64. The summed E-state index contributed by atoms with van der Waals surface area (Å²) in [5.74, 6) is 0.344. The van der Waals surface area contributed by atoms with Crippen LogP contribution < -0.4 is 10.3 Å². The number of imidazole rings is 1. The van der Waals surface area contributed by atoms with Crippen molar-refractivity contribution in [3.63, 3.8) is 0 Å². The van der Waals surface area contributed by atoms with Gasteiger partial charge in [-0.15, -0.1) is 5.10 Å². The number of pyridine rings is 1.